The minimum Gasteiger partial charge on any atom is -0.493 e. The summed E-state index contributed by atoms with van der Waals surface area (Å²) in [6.45, 7) is 0. The van der Waals surface area contributed by atoms with E-state index in [0.717, 1.165) is 9.13 Å². The van der Waals surface area contributed by atoms with Crippen LogP contribution in [0.25, 0.3) is 0 Å². The number of benzene rings is 1. The molecule has 0 bridgehead atoms. The number of methoxy groups -OCH3 is 2. The molecule has 0 amide bonds. The number of carboxylic acids is 1. The summed E-state index contributed by atoms with van der Waals surface area (Å²) in [6, 6.07) is 2.66. The third-order valence-corrected chi connectivity index (χ3v) is 3.07. The van der Waals surface area contributed by atoms with Crippen LogP contribution in [0.1, 0.15) is 5.56 Å². The summed E-state index contributed by atoms with van der Waals surface area (Å²) < 4.78 is 11.2. The van der Waals surface area contributed by atoms with Crippen LogP contribution in [0.3, 0.4) is 0 Å². The van der Waals surface area contributed by atoms with Crippen molar-refractivity contribution in [3.05, 3.63) is 21.3 Å². The molecule has 1 unspecified atom stereocenters. The molecule has 5 nitrogen and oxygen atoms in total. The molecule has 1 aromatic rings. The van der Waals surface area contributed by atoms with Gasteiger partial charge in [-0.3, -0.25) is 4.79 Å². The van der Waals surface area contributed by atoms with E-state index in [1.807, 2.05) is 6.07 Å². The molecular formula is C11H14INO4. The SMILES string of the molecule is COc1cc(CC(N)C(=O)O)cc(I)c1OC. The molecule has 1 aromatic carbocycles. The second kappa shape index (κ2) is 6.06. The summed E-state index contributed by atoms with van der Waals surface area (Å²) in [4.78, 5) is 10.7. The fourth-order valence-electron chi connectivity index (χ4n) is 1.43. The molecule has 0 saturated heterocycles. The van der Waals surface area contributed by atoms with E-state index in [0.29, 0.717) is 11.5 Å². The predicted molar refractivity (Wildman–Crippen MR) is 71.6 cm³/mol. The summed E-state index contributed by atoms with van der Waals surface area (Å²) in [5.74, 6) is 0.197. The average Bonchev–Trinajstić information content (AvgIpc) is 2.27. The largest absolute Gasteiger partial charge is 0.493 e. The second-order valence-corrected chi connectivity index (χ2v) is 4.62. The summed E-state index contributed by atoms with van der Waals surface area (Å²) >= 11 is 2.11. The van der Waals surface area contributed by atoms with Crippen LogP contribution >= 0.6 is 22.6 Å². The zero-order valence-electron chi connectivity index (χ0n) is 9.57. The van der Waals surface area contributed by atoms with E-state index in [1.165, 1.54) is 7.11 Å². The maximum atomic E-state index is 10.7. The van der Waals surface area contributed by atoms with Crippen LogP contribution in [0, 0.1) is 3.57 Å². The molecule has 0 heterocycles. The van der Waals surface area contributed by atoms with Crippen molar-refractivity contribution in [2.24, 2.45) is 5.73 Å². The van der Waals surface area contributed by atoms with Gasteiger partial charge in [-0.25, -0.2) is 0 Å². The first-order chi connectivity index (χ1) is 7.99. The lowest BCUT2D eigenvalue weighted by atomic mass is 10.1. The summed E-state index contributed by atoms with van der Waals surface area (Å²) in [5, 5.41) is 8.76. The van der Waals surface area contributed by atoms with Gasteiger partial charge in [0.05, 0.1) is 17.8 Å². The van der Waals surface area contributed by atoms with E-state index in [4.69, 9.17) is 20.3 Å². The Morgan fingerprint density at radius 2 is 2.12 bits per heavy atom. The molecule has 1 rings (SSSR count). The van der Waals surface area contributed by atoms with Gasteiger partial charge in [-0.05, 0) is 46.7 Å². The van der Waals surface area contributed by atoms with Gasteiger partial charge in [-0.1, -0.05) is 0 Å². The lowest BCUT2D eigenvalue weighted by Gasteiger charge is -2.13. The van der Waals surface area contributed by atoms with Crippen LogP contribution in [0.4, 0.5) is 0 Å². The molecular weight excluding hydrogens is 337 g/mol. The number of carbonyl (C=O) groups is 1. The van der Waals surface area contributed by atoms with Gasteiger partial charge in [0, 0.05) is 0 Å². The highest BCUT2D eigenvalue weighted by molar-refractivity contribution is 14.1. The highest BCUT2D eigenvalue weighted by Gasteiger charge is 2.16. The van der Waals surface area contributed by atoms with Crippen LogP contribution in [-0.2, 0) is 11.2 Å². The fourth-order valence-corrected chi connectivity index (χ4v) is 2.32. The summed E-state index contributed by atoms with van der Waals surface area (Å²) in [7, 11) is 3.09. The molecule has 0 fully saturated rings. The van der Waals surface area contributed by atoms with E-state index in [2.05, 4.69) is 22.6 Å². The molecule has 0 aromatic heterocycles. The van der Waals surface area contributed by atoms with Crippen molar-refractivity contribution in [2.45, 2.75) is 12.5 Å². The normalized spacial score (nSPS) is 12.0. The number of rotatable bonds is 5. The highest BCUT2D eigenvalue weighted by Crippen LogP contribution is 2.33. The maximum Gasteiger partial charge on any atom is 0.320 e. The van der Waals surface area contributed by atoms with Crippen molar-refractivity contribution in [2.75, 3.05) is 14.2 Å². The van der Waals surface area contributed by atoms with Crippen LogP contribution in [0.2, 0.25) is 0 Å². The highest BCUT2D eigenvalue weighted by atomic mass is 127. The van der Waals surface area contributed by atoms with Crippen molar-refractivity contribution in [1.29, 1.82) is 0 Å². The molecule has 0 radical (unpaired) electrons. The number of nitrogens with two attached hydrogens (primary N) is 1. The fraction of sp³-hybridized carbons (Fsp3) is 0.364. The summed E-state index contributed by atoms with van der Waals surface area (Å²) in [5.41, 5.74) is 6.29. The smallest absolute Gasteiger partial charge is 0.320 e. The average molecular weight is 351 g/mol. The zero-order chi connectivity index (χ0) is 13.0. The summed E-state index contributed by atoms with van der Waals surface area (Å²) in [6.07, 6.45) is 0.256. The molecule has 94 valence electrons. The van der Waals surface area contributed by atoms with Crippen molar-refractivity contribution >= 4 is 28.6 Å². The topological polar surface area (TPSA) is 81.8 Å². The Balaban J connectivity index is 3.03. The Kier molecular flexibility index (Phi) is 5.01. The van der Waals surface area contributed by atoms with Gasteiger partial charge in [0.15, 0.2) is 11.5 Å². The van der Waals surface area contributed by atoms with E-state index >= 15 is 0 Å². The Bertz CT molecular complexity index is 422. The Morgan fingerprint density at radius 3 is 2.59 bits per heavy atom. The molecule has 0 aliphatic carbocycles. The van der Waals surface area contributed by atoms with E-state index in [9.17, 15) is 4.79 Å². The lowest BCUT2D eigenvalue weighted by Crippen LogP contribution is -2.32. The molecule has 0 aliphatic heterocycles. The quantitative estimate of drug-likeness (QED) is 0.781. The van der Waals surface area contributed by atoms with E-state index in [1.54, 1.807) is 13.2 Å². The number of aliphatic carboxylic acids is 1. The van der Waals surface area contributed by atoms with Crippen LogP contribution in [-0.4, -0.2) is 31.3 Å². The van der Waals surface area contributed by atoms with Crippen molar-refractivity contribution < 1.29 is 19.4 Å². The van der Waals surface area contributed by atoms with Gasteiger partial charge < -0.3 is 20.3 Å². The van der Waals surface area contributed by atoms with Gasteiger partial charge in [0.25, 0.3) is 0 Å². The monoisotopic (exact) mass is 351 g/mol. The number of carboxylic acid groups (broad SMARTS) is 1. The third-order valence-electron chi connectivity index (χ3n) is 2.27. The Morgan fingerprint density at radius 1 is 1.47 bits per heavy atom. The first-order valence-corrected chi connectivity index (χ1v) is 5.96. The first kappa shape index (κ1) is 14.0. The maximum absolute atomic E-state index is 10.7. The molecule has 0 spiro atoms. The van der Waals surface area contributed by atoms with Crippen molar-refractivity contribution in [1.82, 2.24) is 0 Å². The predicted octanol–water partition coefficient (Wildman–Crippen LogP) is 1.26. The number of hydrogen-bond donors (Lipinski definition) is 2. The third kappa shape index (κ3) is 3.47. The molecule has 0 saturated carbocycles. The van der Waals surface area contributed by atoms with E-state index < -0.39 is 12.0 Å². The molecule has 3 N–H and O–H groups in total. The Hall–Kier alpha value is -1.02. The Labute approximate surface area is 113 Å². The van der Waals surface area contributed by atoms with Gasteiger partial charge in [-0.2, -0.15) is 0 Å². The van der Waals surface area contributed by atoms with Gasteiger partial charge >= 0.3 is 5.97 Å². The molecule has 6 heteroatoms. The zero-order valence-corrected chi connectivity index (χ0v) is 11.7. The van der Waals surface area contributed by atoms with Gasteiger partial charge in [0.1, 0.15) is 6.04 Å². The minimum atomic E-state index is -1.02. The van der Waals surface area contributed by atoms with Crippen molar-refractivity contribution in [3.8, 4) is 11.5 Å². The van der Waals surface area contributed by atoms with Crippen LogP contribution in [0.15, 0.2) is 12.1 Å². The second-order valence-electron chi connectivity index (χ2n) is 3.46. The first-order valence-electron chi connectivity index (χ1n) is 4.88. The van der Waals surface area contributed by atoms with Gasteiger partial charge in [0.2, 0.25) is 0 Å². The lowest BCUT2D eigenvalue weighted by molar-refractivity contribution is -0.138. The van der Waals surface area contributed by atoms with E-state index in [-0.39, 0.29) is 6.42 Å². The minimum absolute atomic E-state index is 0.256. The van der Waals surface area contributed by atoms with Gasteiger partial charge in [-0.15, -0.1) is 0 Å². The number of hydrogen-bond acceptors (Lipinski definition) is 4. The molecule has 17 heavy (non-hydrogen) atoms. The number of halogens is 1. The molecule has 1 atom stereocenters. The number of ether oxygens (including phenoxy) is 2. The van der Waals surface area contributed by atoms with Crippen LogP contribution in [0.5, 0.6) is 11.5 Å². The van der Waals surface area contributed by atoms with Crippen LogP contribution < -0.4 is 15.2 Å². The molecule has 0 aliphatic rings. The van der Waals surface area contributed by atoms with Crippen molar-refractivity contribution in [3.63, 3.8) is 0 Å². The standard InChI is InChI=1S/C11H14INO4/c1-16-9-5-6(4-8(13)11(14)15)3-7(12)10(9)17-2/h3,5,8H,4,13H2,1-2H3,(H,14,15).